The van der Waals surface area contributed by atoms with Crippen molar-refractivity contribution in [2.75, 3.05) is 141 Å². The minimum absolute atomic E-state index is 0.519. The highest BCUT2D eigenvalue weighted by atomic mass is 32.2. The lowest BCUT2D eigenvalue weighted by Gasteiger charge is -2.38. The second kappa shape index (κ2) is 83.4. The fourth-order valence-electron chi connectivity index (χ4n) is 8.55. The van der Waals surface area contributed by atoms with Crippen LogP contribution in [-0.4, -0.2) is 233 Å². The first kappa shape index (κ1) is 112. The maximum absolute atomic E-state index is 10.9. The first-order valence-electron chi connectivity index (χ1n) is 38.7. The summed E-state index contributed by atoms with van der Waals surface area (Å²) in [5, 5.41) is 0. The molecule has 560 valence electrons. The summed E-state index contributed by atoms with van der Waals surface area (Å²) in [6.45, 7) is 108. The van der Waals surface area contributed by atoms with E-state index in [0.29, 0.717) is 24.2 Å². The Hall–Kier alpha value is 0.140. The number of hydrogen-bond acceptors (Lipinski definition) is 11. The lowest BCUT2D eigenvalue weighted by molar-refractivity contribution is 0.0238. The minimum atomic E-state index is -0.519. The molecule has 0 atom stereocenters. The van der Waals surface area contributed by atoms with Gasteiger partial charge in [0.1, 0.15) is 0 Å². The van der Waals surface area contributed by atoms with Crippen LogP contribution in [0.2, 0.25) is 0 Å². The van der Waals surface area contributed by atoms with Gasteiger partial charge < -0.3 is 9.64 Å². The van der Waals surface area contributed by atoms with Gasteiger partial charge in [-0.15, -0.1) is 0 Å². The van der Waals surface area contributed by atoms with Gasteiger partial charge in [0.25, 0.3) is 0 Å². The van der Waals surface area contributed by atoms with Crippen LogP contribution in [0.25, 0.3) is 0 Å². The molecule has 0 amide bonds. The van der Waals surface area contributed by atoms with E-state index >= 15 is 0 Å². The lowest BCUT2D eigenvalue weighted by Crippen LogP contribution is -2.50. The van der Waals surface area contributed by atoms with Gasteiger partial charge in [0.05, 0.1) is 13.2 Å². The third-order valence-electron chi connectivity index (χ3n) is 13.5. The van der Waals surface area contributed by atoms with E-state index < -0.39 is 10.8 Å². The zero-order valence-corrected chi connectivity index (χ0v) is 72.2. The van der Waals surface area contributed by atoms with Gasteiger partial charge in [0, 0.05) is 161 Å². The number of rotatable bonds is 8. The summed E-state index contributed by atoms with van der Waals surface area (Å²) in [4.78, 5) is 20.2. The number of morpholine rings is 1. The van der Waals surface area contributed by atoms with E-state index in [-0.39, 0.29) is 0 Å². The summed E-state index contributed by atoms with van der Waals surface area (Å²) in [5.41, 5.74) is 0. The second-order valence-electron chi connectivity index (χ2n) is 27.5. The largest absolute Gasteiger partial charge is 0.379 e. The number of piperidine rings is 1. The Morgan fingerprint density at radius 2 is 0.422 bits per heavy atom. The molecule has 0 saturated carbocycles. The van der Waals surface area contributed by atoms with Crippen LogP contribution < -0.4 is 0 Å². The van der Waals surface area contributed by atoms with Crippen molar-refractivity contribution >= 4 is 22.6 Å². The van der Waals surface area contributed by atoms with Gasteiger partial charge in [-0.05, 0) is 180 Å². The number of likely N-dealkylation sites (tertiary alicyclic amines) is 1. The van der Waals surface area contributed by atoms with Crippen molar-refractivity contribution in [3.63, 3.8) is 0 Å². The van der Waals surface area contributed by atoms with Crippen LogP contribution in [0.4, 0.5) is 0 Å². The van der Waals surface area contributed by atoms with Gasteiger partial charge >= 0.3 is 0 Å². The molecule has 90 heavy (non-hydrogen) atoms. The van der Waals surface area contributed by atoms with Gasteiger partial charge in [-0.25, -0.2) is 0 Å². The van der Waals surface area contributed by atoms with Crippen molar-refractivity contribution in [1.29, 1.82) is 0 Å². The Balaban J connectivity index is -0.0000000989. The smallest absolute Gasteiger partial charge is 0.0594 e. The van der Waals surface area contributed by atoms with Crippen molar-refractivity contribution < 1.29 is 8.95 Å². The highest BCUT2D eigenvalue weighted by Crippen LogP contribution is 2.13. The molecule has 0 radical (unpaired) electrons. The molecule has 0 bridgehead atoms. The van der Waals surface area contributed by atoms with Gasteiger partial charge in [-0.3, -0.25) is 38.5 Å². The lowest BCUT2D eigenvalue weighted by atomic mass is 10.1. The molecule has 0 aliphatic carbocycles. The molecule has 0 aromatic heterocycles. The number of nitrogens with zero attached hydrogens (tertiary/aromatic N) is 8. The van der Waals surface area contributed by atoms with E-state index in [2.05, 4.69) is 245 Å². The molecule has 0 N–H and O–H groups in total. The first-order valence-corrected chi connectivity index (χ1v) is 41.3. The summed E-state index contributed by atoms with van der Waals surface area (Å²) in [7, 11) is -0.519. The van der Waals surface area contributed by atoms with Gasteiger partial charge in [0.2, 0.25) is 0 Å². The van der Waals surface area contributed by atoms with Crippen molar-refractivity contribution in [2.24, 2.45) is 23.7 Å². The minimum Gasteiger partial charge on any atom is -0.379 e. The number of piperazine rings is 1. The number of thioether (sulfide) groups is 1. The summed E-state index contributed by atoms with van der Waals surface area (Å²) in [5.74, 6) is 7.74. The molecule has 0 aromatic carbocycles. The second-order valence-corrected chi connectivity index (χ2v) is 30.4. The molecular formula is C78H184N8O2S2. The van der Waals surface area contributed by atoms with Crippen molar-refractivity contribution in [1.82, 2.24) is 39.2 Å². The van der Waals surface area contributed by atoms with Crippen LogP contribution in [0, 0.1) is 23.7 Å². The average molecular weight is 1330 g/mol. The van der Waals surface area contributed by atoms with Crippen molar-refractivity contribution in [3.05, 3.63) is 0 Å². The van der Waals surface area contributed by atoms with Crippen LogP contribution in [0.1, 0.15) is 303 Å². The molecule has 6 saturated heterocycles. The maximum Gasteiger partial charge on any atom is 0.0594 e. The van der Waals surface area contributed by atoms with Gasteiger partial charge in [-0.2, -0.15) is 11.8 Å². The van der Waals surface area contributed by atoms with Crippen LogP contribution in [0.15, 0.2) is 0 Å². The predicted octanol–water partition coefficient (Wildman–Crippen LogP) is 20.5. The Labute approximate surface area is 583 Å². The van der Waals surface area contributed by atoms with E-state index in [1.807, 2.05) is 83.1 Å². The SMILES string of the molecule is CC.CC.CC.CC.CC.CC.CC(C)C.CC(C)C.CC(C)C.CC(C)C.CC(C)N1CCCCC1.CC(C)N1CCCN(C(C)C)CC1.CC(C)N1CCN(C(C)C)CC1.CC(C)N1CCOCC1.CC(C)N1CCS(=O)CC1.CC(C)N1CCSCC1. The van der Waals surface area contributed by atoms with Crippen LogP contribution in [0.3, 0.4) is 0 Å². The molecule has 6 aliphatic rings. The van der Waals surface area contributed by atoms with E-state index in [4.69, 9.17) is 4.74 Å². The third-order valence-corrected chi connectivity index (χ3v) is 15.7. The zero-order chi connectivity index (χ0) is 72.9. The van der Waals surface area contributed by atoms with E-state index in [1.54, 1.807) is 0 Å². The van der Waals surface area contributed by atoms with E-state index in [0.717, 1.165) is 98.7 Å². The summed E-state index contributed by atoms with van der Waals surface area (Å²) >= 11 is 2.07. The van der Waals surface area contributed by atoms with Crippen LogP contribution in [0.5, 0.6) is 0 Å². The zero-order valence-electron chi connectivity index (χ0n) is 70.5. The van der Waals surface area contributed by atoms with Gasteiger partial charge in [-0.1, -0.05) is 173 Å². The highest BCUT2D eigenvalue weighted by molar-refractivity contribution is 7.99. The highest BCUT2D eigenvalue weighted by Gasteiger charge is 2.21. The molecule has 6 heterocycles. The Morgan fingerprint density at radius 3 is 0.622 bits per heavy atom. The molecule has 10 nitrogen and oxygen atoms in total. The molecule has 0 aromatic rings. The van der Waals surface area contributed by atoms with E-state index in [1.165, 1.54) is 116 Å². The predicted molar refractivity (Wildman–Crippen MR) is 428 cm³/mol. The third kappa shape index (κ3) is 88.1. The first-order chi connectivity index (χ1) is 42.3. The van der Waals surface area contributed by atoms with Crippen LogP contribution in [-0.2, 0) is 15.5 Å². The Morgan fingerprint density at radius 1 is 0.244 bits per heavy atom. The molecule has 6 fully saturated rings. The number of ether oxygens (including phenoxy) is 1. The molecular weight excluding hydrogens is 1150 g/mol. The molecule has 12 heteroatoms. The summed E-state index contributed by atoms with van der Waals surface area (Å²) in [6.07, 6.45) is 5.61. The summed E-state index contributed by atoms with van der Waals surface area (Å²) < 4.78 is 16.1. The molecule has 0 unspecified atom stereocenters. The molecule has 6 rings (SSSR count). The van der Waals surface area contributed by atoms with Crippen molar-refractivity contribution in [2.45, 2.75) is 351 Å². The Bertz CT molecular complexity index is 1110. The molecule has 6 aliphatic heterocycles. The fraction of sp³-hybridized carbons (Fsp3) is 1.00. The van der Waals surface area contributed by atoms with Gasteiger partial charge in [0.15, 0.2) is 0 Å². The Kier molecular flexibility index (Phi) is 103. The quantitative estimate of drug-likeness (QED) is 0.234. The monoisotopic (exact) mass is 1330 g/mol. The van der Waals surface area contributed by atoms with Crippen molar-refractivity contribution in [3.8, 4) is 0 Å². The normalized spacial score (nSPS) is 17.8. The topological polar surface area (TPSA) is 52.2 Å². The fourth-order valence-corrected chi connectivity index (χ4v) is 10.6. The number of hydrogen-bond donors (Lipinski definition) is 0. The average Bonchev–Trinajstić information content (AvgIpc) is 3.97. The standard InChI is InChI=1S/C11H24N2.C10H22N2.C8H17N.C7H15NOS.C7H15NO.C7H15NS.4C4H10.6C2H6/c1-10(2)12-6-5-7-13(9-8-12)11(3)4;1-9(2)11-5-7-12(8-6-11)10(3)4;1-8(2)9-6-4-3-5-7-9;1-7(2)8-3-5-10(9)6-4-8;2*1-7(2)8-3-5-9-6-4-8;4*1-4(2)3;6*1-2/h10-11H,5-9H2,1-4H3;9-10H,5-8H2,1-4H3;8H,3-7H2,1-2H3;7H,3-6H2,1-2H3;2*7H,3-6H2,1-2H3;4*4H,1-3H3;6*1-2H3. The summed E-state index contributed by atoms with van der Waals surface area (Å²) in [6, 6.07) is 5.71. The maximum atomic E-state index is 10.9. The molecule has 0 spiro atoms. The van der Waals surface area contributed by atoms with E-state index in [9.17, 15) is 4.21 Å². The van der Waals surface area contributed by atoms with Crippen LogP contribution >= 0.6 is 11.8 Å².